The van der Waals surface area contributed by atoms with Crippen molar-refractivity contribution >= 4 is 22.7 Å². The first-order chi connectivity index (χ1) is 13.7. The lowest BCUT2D eigenvalue weighted by atomic mass is 9.72. The highest BCUT2D eigenvalue weighted by molar-refractivity contribution is 7.11. The fraction of sp³-hybridized carbons (Fsp3) is 0.0800. The Morgan fingerprint density at radius 2 is 1.79 bits per heavy atom. The van der Waals surface area contributed by atoms with E-state index in [0.29, 0.717) is 5.56 Å². The Morgan fingerprint density at radius 3 is 2.50 bits per heavy atom. The van der Waals surface area contributed by atoms with E-state index in [-0.39, 0.29) is 11.5 Å². The fourth-order valence-corrected chi connectivity index (χ4v) is 4.26. The first kappa shape index (κ1) is 18.2. The second-order valence-corrected chi connectivity index (χ2v) is 7.80. The molecule has 2 nitrogen and oxygen atoms in total. The smallest absolute Gasteiger partial charge is 0.185 e. The zero-order valence-electron chi connectivity index (χ0n) is 15.3. The van der Waals surface area contributed by atoms with Crippen LogP contribution in [-0.4, -0.2) is 10.9 Å². The van der Waals surface area contributed by atoms with Crippen LogP contribution in [0.4, 0.5) is 0 Å². The third-order valence-electron chi connectivity index (χ3n) is 5.01. The second kappa shape index (κ2) is 7.83. The van der Waals surface area contributed by atoms with Crippen molar-refractivity contribution in [1.29, 1.82) is 0 Å². The number of phenolic OH excluding ortho intramolecular Hbond substituents is 1. The summed E-state index contributed by atoms with van der Waals surface area (Å²) in [6.07, 6.45) is 10.7. The van der Waals surface area contributed by atoms with E-state index in [9.17, 15) is 9.90 Å². The van der Waals surface area contributed by atoms with Gasteiger partial charge >= 0.3 is 0 Å². The van der Waals surface area contributed by atoms with Gasteiger partial charge in [0.2, 0.25) is 0 Å². The Bertz CT molecular complexity index is 1040. The maximum atomic E-state index is 12.7. The van der Waals surface area contributed by atoms with Gasteiger partial charge in [-0.05, 0) is 47.2 Å². The van der Waals surface area contributed by atoms with Gasteiger partial charge in [0, 0.05) is 15.9 Å². The number of hydrogen-bond acceptors (Lipinski definition) is 3. The zero-order chi connectivity index (χ0) is 19.4. The Morgan fingerprint density at radius 1 is 1.00 bits per heavy atom. The number of aromatic hydroxyl groups is 1. The van der Waals surface area contributed by atoms with E-state index < -0.39 is 5.41 Å². The van der Waals surface area contributed by atoms with Gasteiger partial charge in [0.1, 0.15) is 5.75 Å². The molecule has 1 atom stereocenters. The minimum Gasteiger partial charge on any atom is -0.508 e. The lowest BCUT2D eigenvalue weighted by Gasteiger charge is -2.31. The highest BCUT2D eigenvalue weighted by atomic mass is 32.1. The molecule has 0 aliphatic heterocycles. The van der Waals surface area contributed by atoms with Gasteiger partial charge in [0.05, 0.1) is 0 Å². The van der Waals surface area contributed by atoms with E-state index >= 15 is 0 Å². The molecular weight excluding hydrogens is 364 g/mol. The molecule has 0 amide bonds. The van der Waals surface area contributed by atoms with Crippen LogP contribution in [0.3, 0.4) is 0 Å². The van der Waals surface area contributed by atoms with Crippen LogP contribution in [-0.2, 0) is 5.41 Å². The number of rotatable bonds is 5. The van der Waals surface area contributed by atoms with Gasteiger partial charge < -0.3 is 5.11 Å². The van der Waals surface area contributed by atoms with Crippen molar-refractivity contribution < 1.29 is 9.90 Å². The predicted octanol–water partition coefficient (Wildman–Crippen LogP) is 6.17. The predicted molar refractivity (Wildman–Crippen MR) is 116 cm³/mol. The number of allylic oxidation sites excluding steroid dienone is 6. The standard InChI is InChI=1S/C25H20O2S/c26-22-12-10-21(11-13-22)25(16-14-23(27)19-6-2-1-3-7-19)15-4-8-20(18-25)24-9-5-17-28-24/h1-17,26H,18H2/b16-14+. The number of benzene rings is 2. The molecule has 28 heavy (non-hydrogen) atoms. The first-order valence-electron chi connectivity index (χ1n) is 9.17. The van der Waals surface area contributed by atoms with Crippen LogP contribution >= 0.6 is 11.3 Å². The molecule has 0 spiro atoms. The second-order valence-electron chi connectivity index (χ2n) is 6.86. The SMILES string of the molecule is O=C(/C=C/C1(c2ccc(O)cc2)C=CC=C(c2cccs2)C1)c1ccccc1. The Balaban J connectivity index is 1.72. The van der Waals surface area contributed by atoms with E-state index in [4.69, 9.17) is 0 Å². The zero-order valence-corrected chi connectivity index (χ0v) is 16.1. The third-order valence-corrected chi connectivity index (χ3v) is 5.95. The molecule has 1 unspecified atom stereocenters. The molecule has 1 heterocycles. The quantitative estimate of drug-likeness (QED) is 0.422. The number of ketones is 1. The number of carbonyl (C=O) groups is 1. The Labute approximate surface area is 168 Å². The molecule has 1 N–H and O–H groups in total. The van der Waals surface area contributed by atoms with Gasteiger partial charge in [0.25, 0.3) is 0 Å². The van der Waals surface area contributed by atoms with Crippen LogP contribution in [0.2, 0.25) is 0 Å². The van der Waals surface area contributed by atoms with E-state index in [1.54, 1.807) is 29.5 Å². The van der Waals surface area contributed by atoms with Gasteiger partial charge in [-0.15, -0.1) is 11.3 Å². The lowest BCUT2D eigenvalue weighted by molar-refractivity contribution is 0.104. The summed E-state index contributed by atoms with van der Waals surface area (Å²) >= 11 is 1.72. The summed E-state index contributed by atoms with van der Waals surface area (Å²) in [4.78, 5) is 13.9. The molecule has 2 aromatic carbocycles. The maximum Gasteiger partial charge on any atom is 0.185 e. The monoisotopic (exact) mass is 384 g/mol. The average Bonchev–Trinajstić information content (AvgIpc) is 3.28. The largest absolute Gasteiger partial charge is 0.508 e. The van der Waals surface area contributed by atoms with Crippen molar-refractivity contribution in [3.8, 4) is 5.75 Å². The molecule has 0 radical (unpaired) electrons. The van der Waals surface area contributed by atoms with Crippen molar-refractivity contribution in [1.82, 2.24) is 0 Å². The minimum absolute atomic E-state index is 0.0145. The normalized spacial score (nSPS) is 18.9. The molecule has 0 fully saturated rings. The van der Waals surface area contributed by atoms with Crippen LogP contribution in [0.5, 0.6) is 5.75 Å². The first-order valence-corrected chi connectivity index (χ1v) is 10.0. The van der Waals surface area contributed by atoms with Crippen LogP contribution in [0, 0.1) is 0 Å². The van der Waals surface area contributed by atoms with Gasteiger partial charge in [-0.2, -0.15) is 0 Å². The summed E-state index contributed by atoms with van der Waals surface area (Å²) < 4.78 is 0. The summed E-state index contributed by atoms with van der Waals surface area (Å²) in [6.45, 7) is 0. The molecular formula is C25H20O2S. The van der Waals surface area contributed by atoms with Crippen LogP contribution < -0.4 is 0 Å². The molecule has 4 rings (SSSR count). The van der Waals surface area contributed by atoms with Crippen molar-refractivity contribution in [2.75, 3.05) is 0 Å². The molecule has 0 saturated heterocycles. The molecule has 138 valence electrons. The topological polar surface area (TPSA) is 37.3 Å². The number of carbonyl (C=O) groups excluding carboxylic acids is 1. The van der Waals surface area contributed by atoms with Crippen LogP contribution in [0.25, 0.3) is 5.57 Å². The van der Waals surface area contributed by atoms with E-state index in [1.165, 1.54) is 10.5 Å². The fourth-order valence-electron chi connectivity index (χ4n) is 3.50. The molecule has 1 aliphatic carbocycles. The molecule has 3 aromatic rings. The molecule has 0 saturated carbocycles. The van der Waals surface area contributed by atoms with Crippen molar-refractivity contribution in [2.45, 2.75) is 11.8 Å². The number of phenols is 1. The summed E-state index contributed by atoms with van der Waals surface area (Å²) in [5, 5.41) is 11.8. The summed E-state index contributed by atoms with van der Waals surface area (Å²) in [5.41, 5.74) is 2.52. The highest BCUT2D eigenvalue weighted by Crippen LogP contribution is 2.41. The number of hydrogen-bond donors (Lipinski definition) is 1. The van der Waals surface area contributed by atoms with Crippen molar-refractivity contribution in [3.63, 3.8) is 0 Å². The lowest BCUT2D eigenvalue weighted by Crippen LogP contribution is -2.23. The molecule has 1 aliphatic rings. The van der Waals surface area contributed by atoms with Crippen LogP contribution in [0.15, 0.2) is 102 Å². The summed E-state index contributed by atoms with van der Waals surface area (Å²) in [6, 6.07) is 20.7. The molecule has 3 heteroatoms. The molecule has 0 bridgehead atoms. The van der Waals surface area contributed by atoms with E-state index in [1.807, 2.05) is 48.5 Å². The van der Waals surface area contributed by atoms with Crippen LogP contribution in [0.1, 0.15) is 27.2 Å². The van der Waals surface area contributed by atoms with Gasteiger partial charge in [-0.3, -0.25) is 4.79 Å². The van der Waals surface area contributed by atoms with E-state index in [2.05, 4.69) is 35.7 Å². The van der Waals surface area contributed by atoms with Gasteiger partial charge in [-0.1, -0.05) is 72.8 Å². The van der Waals surface area contributed by atoms with Crippen molar-refractivity contribution in [2.24, 2.45) is 0 Å². The average molecular weight is 385 g/mol. The maximum absolute atomic E-state index is 12.7. The highest BCUT2D eigenvalue weighted by Gasteiger charge is 2.30. The minimum atomic E-state index is -0.438. The Kier molecular flexibility index (Phi) is 5.09. The van der Waals surface area contributed by atoms with E-state index in [0.717, 1.165) is 12.0 Å². The summed E-state index contributed by atoms with van der Waals surface area (Å²) in [7, 11) is 0. The Hall–Kier alpha value is -3.17. The van der Waals surface area contributed by atoms with Gasteiger partial charge in [-0.25, -0.2) is 0 Å². The van der Waals surface area contributed by atoms with Crippen molar-refractivity contribution in [3.05, 3.63) is 118 Å². The summed E-state index contributed by atoms with van der Waals surface area (Å²) in [5.74, 6) is 0.219. The molecule has 1 aromatic heterocycles. The number of thiophene rings is 1. The third kappa shape index (κ3) is 3.75. The van der Waals surface area contributed by atoms with Gasteiger partial charge in [0.15, 0.2) is 5.78 Å².